The molecular formula is C17H18N4O2. The van der Waals surface area contributed by atoms with E-state index in [0.717, 1.165) is 59.8 Å². The third kappa shape index (κ3) is 2.67. The molecule has 1 aliphatic heterocycles. The standard InChI is InChI=1S/C17H18N4O2/c22-11-12-1-2-15-14(9-12)17(20-19-15)13-3-4-18-16(10-13)21-5-7-23-8-6-21/h1-4,9-10,22H,5-8,11H2,(H,19,20). The molecule has 0 unspecified atom stereocenters. The Hall–Kier alpha value is -2.44. The smallest absolute Gasteiger partial charge is 0.129 e. The lowest BCUT2D eigenvalue weighted by molar-refractivity contribution is 0.122. The third-order valence-electron chi connectivity index (χ3n) is 4.16. The molecule has 3 aromatic rings. The summed E-state index contributed by atoms with van der Waals surface area (Å²) < 4.78 is 5.40. The molecule has 1 fully saturated rings. The van der Waals surface area contributed by atoms with Gasteiger partial charge >= 0.3 is 0 Å². The van der Waals surface area contributed by atoms with Gasteiger partial charge in [-0.15, -0.1) is 0 Å². The summed E-state index contributed by atoms with van der Waals surface area (Å²) in [7, 11) is 0. The van der Waals surface area contributed by atoms with Gasteiger partial charge in [0.15, 0.2) is 0 Å². The zero-order chi connectivity index (χ0) is 15.6. The van der Waals surface area contributed by atoms with Gasteiger partial charge in [0, 0.05) is 30.2 Å². The Labute approximate surface area is 133 Å². The number of anilines is 1. The van der Waals surface area contributed by atoms with Gasteiger partial charge in [-0.25, -0.2) is 4.98 Å². The number of nitrogens with zero attached hydrogens (tertiary/aromatic N) is 3. The van der Waals surface area contributed by atoms with Gasteiger partial charge in [0.2, 0.25) is 0 Å². The summed E-state index contributed by atoms with van der Waals surface area (Å²) in [5.41, 5.74) is 3.74. The Morgan fingerprint density at radius 2 is 2.04 bits per heavy atom. The van der Waals surface area contributed by atoms with E-state index in [1.807, 2.05) is 30.5 Å². The van der Waals surface area contributed by atoms with Crippen LogP contribution >= 0.6 is 0 Å². The second-order valence-electron chi connectivity index (χ2n) is 5.61. The van der Waals surface area contributed by atoms with Crippen molar-refractivity contribution in [2.75, 3.05) is 31.2 Å². The summed E-state index contributed by atoms with van der Waals surface area (Å²) in [6, 6.07) is 9.85. The second-order valence-corrected chi connectivity index (χ2v) is 5.61. The highest BCUT2D eigenvalue weighted by atomic mass is 16.5. The maximum absolute atomic E-state index is 9.35. The first kappa shape index (κ1) is 14.2. The average molecular weight is 310 g/mol. The van der Waals surface area contributed by atoms with Crippen LogP contribution in [0.1, 0.15) is 5.56 Å². The molecule has 0 amide bonds. The van der Waals surface area contributed by atoms with Crippen LogP contribution in [0.4, 0.5) is 5.82 Å². The normalized spacial score (nSPS) is 15.3. The quantitative estimate of drug-likeness (QED) is 0.773. The van der Waals surface area contributed by atoms with Crippen LogP contribution in [0.5, 0.6) is 0 Å². The summed E-state index contributed by atoms with van der Waals surface area (Å²) in [6.45, 7) is 3.20. The van der Waals surface area contributed by atoms with Crippen molar-refractivity contribution in [3.63, 3.8) is 0 Å². The van der Waals surface area contributed by atoms with Crippen molar-refractivity contribution < 1.29 is 9.84 Å². The topological polar surface area (TPSA) is 74.3 Å². The van der Waals surface area contributed by atoms with Crippen LogP contribution in [-0.4, -0.2) is 46.6 Å². The number of aliphatic hydroxyl groups excluding tert-OH is 1. The molecular weight excluding hydrogens is 292 g/mol. The van der Waals surface area contributed by atoms with Gasteiger partial charge in [-0.1, -0.05) is 6.07 Å². The van der Waals surface area contributed by atoms with Crippen molar-refractivity contribution in [2.24, 2.45) is 0 Å². The number of hydrogen-bond acceptors (Lipinski definition) is 5. The van der Waals surface area contributed by atoms with Crippen molar-refractivity contribution in [3.8, 4) is 11.3 Å². The zero-order valence-corrected chi connectivity index (χ0v) is 12.7. The Morgan fingerprint density at radius 3 is 2.87 bits per heavy atom. The summed E-state index contributed by atoms with van der Waals surface area (Å²) in [5.74, 6) is 0.945. The number of ether oxygens (including phenoxy) is 1. The minimum atomic E-state index is 0.0237. The molecule has 0 radical (unpaired) electrons. The fourth-order valence-electron chi connectivity index (χ4n) is 2.91. The van der Waals surface area contributed by atoms with Gasteiger partial charge in [0.1, 0.15) is 11.5 Å². The molecule has 6 nitrogen and oxygen atoms in total. The van der Waals surface area contributed by atoms with Crippen LogP contribution in [0.25, 0.3) is 22.2 Å². The van der Waals surface area contributed by atoms with E-state index in [1.165, 1.54) is 0 Å². The van der Waals surface area contributed by atoms with Gasteiger partial charge in [-0.05, 0) is 29.8 Å². The van der Waals surface area contributed by atoms with Gasteiger partial charge in [0.05, 0.1) is 25.3 Å². The molecule has 1 saturated heterocycles. The highest BCUT2D eigenvalue weighted by Crippen LogP contribution is 2.29. The number of aliphatic hydroxyl groups is 1. The first-order valence-electron chi connectivity index (χ1n) is 7.72. The number of fused-ring (bicyclic) bond motifs is 1. The van der Waals surface area contributed by atoms with Gasteiger partial charge in [-0.3, -0.25) is 5.10 Å². The molecule has 2 N–H and O–H groups in total. The maximum Gasteiger partial charge on any atom is 0.129 e. The Balaban J connectivity index is 1.75. The van der Waals surface area contributed by atoms with Crippen LogP contribution in [0.3, 0.4) is 0 Å². The zero-order valence-electron chi connectivity index (χ0n) is 12.7. The summed E-state index contributed by atoms with van der Waals surface area (Å²) >= 11 is 0. The molecule has 0 bridgehead atoms. The number of benzene rings is 1. The van der Waals surface area contributed by atoms with E-state index in [2.05, 4.69) is 26.1 Å². The molecule has 6 heteroatoms. The summed E-state index contributed by atoms with van der Waals surface area (Å²) in [4.78, 5) is 6.70. The summed E-state index contributed by atoms with van der Waals surface area (Å²) in [6.07, 6.45) is 1.82. The fourth-order valence-corrected chi connectivity index (χ4v) is 2.91. The molecule has 3 heterocycles. The van der Waals surface area contributed by atoms with Crippen LogP contribution < -0.4 is 4.90 Å². The Morgan fingerprint density at radius 1 is 1.17 bits per heavy atom. The van der Waals surface area contributed by atoms with E-state index in [1.54, 1.807) is 0 Å². The Bertz CT molecular complexity index is 824. The van der Waals surface area contributed by atoms with Crippen molar-refractivity contribution in [1.29, 1.82) is 0 Å². The summed E-state index contributed by atoms with van der Waals surface area (Å²) in [5, 5.41) is 17.9. The molecule has 118 valence electrons. The number of nitrogens with one attached hydrogen (secondary N) is 1. The van der Waals surface area contributed by atoms with Crippen LogP contribution in [0.2, 0.25) is 0 Å². The highest BCUT2D eigenvalue weighted by Gasteiger charge is 2.15. The molecule has 1 aliphatic rings. The largest absolute Gasteiger partial charge is 0.392 e. The molecule has 23 heavy (non-hydrogen) atoms. The number of H-pyrrole nitrogens is 1. The monoisotopic (exact) mass is 310 g/mol. The Kier molecular flexibility index (Phi) is 3.69. The highest BCUT2D eigenvalue weighted by molar-refractivity contribution is 5.93. The number of pyridine rings is 1. The number of aromatic nitrogens is 3. The third-order valence-corrected chi connectivity index (χ3v) is 4.16. The number of aromatic amines is 1. The van der Waals surface area contributed by atoms with Crippen LogP contribution in [0.15, 0.2) is 36.5 Å². The molecule has 0 spiro atoms. The van der Waals surface area contributed by atoms with Crippen molar-refractivity contribution >= 4 is 16.7 Å². The van der Waals surface area contributed by atoms with E-state index in [-0.39, 0.29) is 6.61 Å². The SMILES string of the molecule is OCc1ccc2[nH]nc(-c3ccnc(N4CCOCC4)c3)c2c1. The molecule has 0 atom stereocenters. The van der Waals surface area contributed by atoms with Crippen molar-refractivity contribution in [1.82, 2.24) is 15.2 Å². The average Bonchev–Trinajstić information content (AvgIpc) is 3.05. The number of hydrogen-bond donors (Lipinski definition) is 2. The second kappa shape index (κ2) is 5.98. The van der Waals surface area contributed by atoms with Gasteiger partial charge in [-0.2, -0.15) is 5.10 Å². The predicted octanol–water partition coefficient (Wildman–Crippen LogP) is 1.95. The van der Waals surface area contributed by atoms with E-state index in [9.17, 15) is 5.11 Å². The molecule has 2 aromatic heterocycles. The molecule has 0 saturated carbocycles. The first-order chi connectivity index (χ1) is 11.3. The minimum absolute atomic E-state index is 0.0237. The van der Waals surface area contributed by atoms with Crippen molar-refractivity contribution in [2.45, 2.75) is 6.61 Å². The maximum atomic E-state index is 9.35. The van der Waals surface area contributed by atoms with Gasteiger partial charge < -0.3 is 14.7 Å². The molecule has 0 aliphatic carbocycles. The van der Waals surface area contributed by atoms with E-state index in [4.69, 9.17) is 4.74 Å². The number of morpholine rings is 1. The van der Waals surface area contributed by atoms with E-state index >= 15 is 0 Å². The van der Waals surface area contributed by atoms with E-state index < -0.39 is 0 Å². The minimum Gasteiger partial charge on any atom is -0.392 e. The van der Waals surface area contributed by atoms with Gasteiger partial charge in [0.25, 0.3) is 0 Å². The lowest BCUT2D eigenvalue weighted by atomic mass is 10.1. The predicted molar refractivity (Wildman–Crippen MR) is 88.3 cm³/mol. The van der Waals surface area contributed by atoms with Crippen LogP contribution in [0, 0.1) is 0 Å². The van der Waals surface area contributed by atoms with Crippen LogP contribution in [-0.2, 0) is 11.3 Å². The first-order valence-corrected chi connectivity index (χ1v) is 7.72. The van der Waals surface area contributed by atoms with E-state index in [0.29, 0.717) is 0 Å². The lowest BCUT2D eigenvalue weighted by Crippen LogP contribution is -2.36. The molecule has 1 aromatic carbocycles. The van der Waals surface area contributed by atoms with Crippen molar-refractivity contribution in [3.05, 3.63) is 42.1 Å². The fraction of sp³-hybridized carbons (Fsp3) is 0.294. The molecule has 4 rings (SSSR count). The lowest BCUT2D eigenvalue weighted by Gasteiger charge is -2.27. The number of rotatable bonds is 3.